The number of nitrogens with two attached hydrogens (primary N) is 1. The Kier molecular flexibility index (Phi) is 7.14. The maximum atomic E-state index is 11.9. The van der Waals surface area contributed by atoms with Crippen molar-refractivity contribution >= 4 is 47.0 Å². The highest BCUT2D eigenvalue weighted by atomic mass is 32.2. The van der Waals surface area contributed by atoms with Crippen molar-refractivity contribution in [3.8, 4) is 11.5 Å². The van der Waals surface area contributed by atoms with E-state index < -0.39 is 29.1 Å². The third-order valence-electron chi connectivity index (χ3n) is 3.55. The monoisotopic (exact) mass is 423 g/mol. The second-order valence-corrected chi connectivity index (χ2v) is 6.62. The first-order valence-corrected chi connectivity index (χ1v) is 8.80. The summed E-state index contributed by atoms with van der Waals surface area (Å²) in [5, 5.41) is 20.7. The zero-order chi connectivity index (χ0) is 21.6. The van der Waals surface area contributed by atoms with Gasteiger partial charge in [-0.25, -0.2) is 9.59 Å². The Balaban J connectivity index is 2.16. The third kappa shape index (κ3) is 5.44. The molecule has 1 saturated heterocycles. The van der Waals surface area contributed by atoms with Crippen LogP contribution in [0.15, 0.2) is 22.3 Å². The summed E-state index contributed by atoms with van der Waals surface area (Å²) >= 11 is 0.935. The van der Waals surface area contributed by atoms with E-state index in [1.54, 1.807) is 0 Å². The molecule has 0 aromatic heterocycles. The number of nitrogens with zero attached hydrogens (tertiary/aromatic N) is 2. The summed E-state index contributed by atoms with van der Waals surface area (Å²) in [6.07, 6.45) is 0.902. The minimum atomic E-state index is -1.25. The van der Waals surface area contributed by atoms with Crippen LogP contribution in [0, 0.1) is 0 Å². The van der Waals surface area contributed by atoms with E-state index in [1.165, 1.54) is 32.6 Å². The molecule has 1 aliphatic heterocycles. The molecule has 0 saturated carbocycles. The van der Waals surface area contributed by atoms with Crippen LogP contribution in [0.1, 0.15) is 22.3 Å². The van der Waals surface area contributed by atoms with E-state index in [0.717, 1.165) is 11.8 Å². The Morgan fingerprint density at radius 1 is 1.34 bits per heavy atom. The number of rotatable bonds is 7. The van der Waals surface area contributed by atoms with E-state index in [-0.39, 0.29) is 34.2 Å². The highest BCUT2D eigenvalue weighted by Crippen LogP contribution is 2.33. The number of primary amides is 1. The Labute approximate surface area is 168 Å². The highest BCUT2D eigenvalue weighted by Gasteiger charge is 2.32. The van der Waals surface area contributed by atoms with Gasteiger partial charge in [-0.05, 0) is 12.1 Å². The number of carboxylic acid groups (broad SMARTS) is 1. The van der Waals surface area contributed by atoms with Crippen molar-refractivity contribution in [2.45, 2.75) is 11.7 Å². The topological polar surface area (TPSA) is 182 Å². The van der Waals surface area contributed by atoms with Gasteiger partial charge in [0.15, 0.2) is 16.7 Å². The Morgan fingerprint density at radius 3 is 2.66 bits per heavy atom. The molecular formula is C16H17N5O7S. The fourth-order valence-corrected chi connectivity index (χ4v) is 3.28. The number of hydrogen-bond donors (Lipinski definition) is 4. The standard InChI is InChI=1S/C16H17N5O7S/c1-27-8-4-3-7(11(14(24)25)12(8)28-2)6-18-21-16-20-13(23)9(29-16)5-10(22)19-15(17)26/h3-4,6,9H,5H2,1-2H3,(H,24,25)(H,20,21,23)(H3,17,19,22,26)/b18-6-/t9-/m1/s1. The van der Waals surface area contributed by atoms with Gasteiger partial charge in [-0.15, -0.1) is 5.10 Å². The van der Waals surface area contributed by atoms with E-state index in [1.807, 2.05) is 5.32 Å². The van der Waals surface area contributed by atoms with Crippen LogP contribution >= 0.6 is 11.8 Å². The van der Waals surface area contributed by atoms with Crippen LogP contribution < -0.4 is 25.8 Å². The molecule has 1 heterocycles. The lowest BCUT2D eigenvalue weighted by molar-refractivity contribution is -0.124. The van der Waals surface area contributed by atoms with E-state index in [4.69, 9.17) is 15.2 Å². The molecule has 1 fully saturated rings. The Morgan fingerprint density at radius 2 is 2.07 bits per heavy atom. The van der Waals surface area contributed by atoms with E-state index >= 15 is 0 Å². The number of methoxy groups -OCH3 is 2. The first kappa shape index (κ1) is 21.7. The van der Waals surface area contributed by atoms with Gasteiger partial charge in [-0.3, -0.25) is 14.9 Å². The molecule has 0 aliphatic carbocycles. The molecular weight excluding hydrogens is 406 g/mol. The van der Waals surface area contributed by atoms with Crippen LogP contribution in [0.4, 0.5) is 4.79 Å². The minimum absolute atomic E-state index is 0.0284. The van der Waals surface area contributed by atoms with Crippen molar-refractivity contribution in [1.29, 1.82) is 0 Å². The summed E-state index contributed by atoms with van der Waals surface area (Å²) in [6, 6.07) is 1.96. The van der Waals surface area contributed by atoms with Crippen LogP contribution in [0.2, 0.25) is 0 Å². The number of imide groups is 1. The number of urea groups is 1. The maximum Gasteiger partial charge on any atom is 0.340 e. The Hall–Kier alpha value is -3.61. The number of carbonyl (C=O) groups excluding carboxylic acids is 3. The number of aromatic carboxylic acids is 1. The summed E-state index contributed by atoms with van der Waals surface area (Å²) in [7, 11) is 2.69. The number of thioether (sulfide) groups is 1. The predicted octanol–water partition coefficient (Wildman–Crippen LogP) is -0.0915. The van der Waals surface area contributed by atoms with Gasteiger partial charge in [0.1, 0.15) is 10.8 Å². The molecule has 0 radical (unpaired) electrons. The van der Waals surface area contributed by atoms with Gasteiger partial charge in [0.25, 0.3) is 0 Å². The maximum absolute atomic E-state index is 11.9. The molecule has 0 unspecified atom stereocenters. The van der Waals surface area contributed by atoms with Crippen LogP contribution in [-0.2, 0) is 9.59 Å². The molecule has 1 atom stereocenters. The van der Waals surface area contributed by atoms with Gasteiger partial charge in [0.05, 0.1) is 20.4 Å². The smallest absolute Gasteiger partial charge is 0.340 e. The van der Waals surface area contributed by atoms with Gasteiger partial charge in [0.2, 0.25) is 11.8 Å². The largest absolute Gasteiger partial charge is 0.493 e. The molecule has 13 heteroatoms. The molecule has 12 nitrogen and oxygen atoms in total. The second kappa shape index (κ2) is 9.54. The van der Waals surface area contributed by atoms with Gasteiger partial charge in [0, 0.05) is 12.0 Å². The number of carbonyl (C=O) groups is 4. The minimum Gasteiger partial charge on any atom is -0.493 e. The van der Waals surface area contributed by atoms with Crippen LogP contribution in [0.5, 0.6) is 11.5 Å². The fraction of sp³-hybridized carbons (Fsp3) is 0.250. The zero-order valence-corrected chi connectivity index (χ0v) is 16.1. The number of nitrogens with one attached hydrogen (secondary N) is 2. The summed E-state index contributed by atoms with van der Waals surface area (Å²) in [6.45, 7) is 0. The van der Waals surface area contributed by atoms with Crippen molar-refractivity contribution < 1.29 is 33.8 Å². The normalized spacial score (nSPS) is 17.2. The number of amidine groups is 1. The summed E-state index contributed by atoms with van der Waals surface area (Å²) in [5.41, 5.74) is 4.88. The van der Waals surface area contributed by atoms with Gasteiger partial charge in [-0.2, -0.15) is 5.10 Å². The zero-order valence-electron chi connectivity index (χ0n) is 15.3. The molecule has 154 valence electrons. The summed E-state index contributed by atoms with van der Waals surface area (Å²) in [5.74, 6) is -2.17. The second-order valence-electron chi connectivity index (χ2n) is 5.43. The van der Waals surface area contributed by atoms with Gasteiger partial charge >= 0.3 is 12.0 Å². The number of benzene rings is 1. The average molecular weight is 423 g/mol. The van der Waals surface area contributed by atoms with Gasteiger partial charge < -0.3 is 25.6 Å². The van der Waals surface area contributed by atoms with Crippen LogP contribution in [-0.4, -0.2) is 59.8 Å². The summed E-state index contributed by atoms with van der Waals surface area (Å²) in [4.78, 5) is 45.6. The molecule has 1 aromatic carbocycles. The van der Waals surface area contributed by atoms with Crippen molar-refractivity contribution in [3.63, 3.8) is 0 Å². The van der Waals surface area contributed by atoms with E-state index in [2.05, 4.69) is 15.5 Å². The van der Waals surface area contributed by atoms with Crippen molar-refractivity contribution in [3.05, 3.63) is 23.3 Å². The highest BCUT2D eigenvalue weighted by molar-refractivity contribution is 8.15. The lowest BCUT2D eigenvalue weighted by atomic mass is 10.1. The Bertz CT molecular complexity index is 915. The average Bonchev–Trinajstić information content (AvgIpc) is 2.99. The molecule has 4 amide bonds. The van der Waals surface area contributed by atoms with E-state index in [0.29, 0.717) is 0 Å². The van der Waals surface area contributed by atoms with Crippen molar-refractivity contribution in [1.82, 2.24) is 10.6 Å². The summed E-state index contributed by atoms with van der Waals surface area (Å²) < 4.78 is 10.2. The molecule has 1 aromatic rings. The third-order valence-corrected chi connectivity index (χ3v) is 4.62. The van der Waals surface area contributed by atoms with Crippen LogP contribution in [0.25, 0.3) is 0 Å². The molecule has 0 bridgehead atoms. The SMILES string of the molecule is COc1ccc(/C=N\N=C2\NC(=O)[C@@H](CC(=O)NC(N)=O)S2)c(C(=O)O)c1OC. The quantitative estimate of drug-likeness (QED) is 0.346. The van der Waals surface area contributed by atoms with E-state index in [9.17, 15) is 24.3 Å². The van der Waals surface area contributed by atoms with Crippen LogP contribution in [0.3, 0.4) is 0 Å². The predicted molar refractivity (Wildman–Crippen MR) is 103 cm³/mol. The lowest BCUT2D eigenvalue weighted by Crippen LogP contribution is -2.37. The lowest BCUT2D eigenvalue weighted by Gasteiger charge is -2.11. The molecule has 29 heavy (non-hydrogen) atoms. The fourth-order valence-electron chi connectivity index (χ4n) is 2.36. The number of ether oxygens (including phenoxy) is 2. The first-order chi connectivity index (χ1) is 13.8. The molecule has 5 N–H and O–H groups in total. The van der Waals surface area contributed by atoms with Crippen molar-refractivity contribution in [2.75, 3.05) is 14.2 Å². The number of amides is 4. The number of hydrogen-bond acceptors (Lipinski definition) is 9. The first-order valence-electron chi connectivity index (χ1n) is 7.92. The van der Waals surface area contributed by atoms with Gasteiger partial charge in [-0.1, -0.05) is 11.8 Å². The molecule has 2 rings (SSSR count). The number of carboxylic acids is 1. The molecule has 0 spiro atoms. The van der Waals surface area contributed by atoms with Crippen molar-refractivity contribution in [2.24, 2.45) is 15.9 Å². The molecule has 1 aliphatic rings.